The van der Waals surface area contributed by atoms with E-state index in [1.807, 2.05) is 0 Å². The Labute approximate surface area is 75.6 Å². The van der Waals surface area contributed by atoms with Gasteiger partial charge in [-0.15, -0.1) is 23.2 Å². The number of alkyl halides is 3. The van der Waals surface area contributed by atoms with E-state index in [9.17, 15) is 0 Å². The van der Waals surface area contributed by atoms with Gasteiger partial charge in [-0.1, -0.05) is 11.6 Å². The SMILES string of the molecule is [2H]NC1NC(Cl)NC(Cl)C1Cl. The maximum absolute atomic E-state index is 6.87. The zero-order valence-corrected chi connectivity index (χ0v) is 7.21. The first kappa shape index (κ1) is 7.40. The highest BCUT2D eigenvalue weighted by Gasteiger charge is 2.31. The summed E-state index contributed by atoms with van der Waals surface area (Å²) >= 11 is 17.2. The van der Waals surface area contributed by atoms with Gasteiger partial charge in [-0.3, -0.25) is 10.6 Å². The minimum atomic E-state index is -0.449. The molecule has 4 atom stereocenters. The van der Waals surface area contributed by atoms with Gasteiger partial charge in [0.15, 0.2) is 0 Å². The lowest BCUT2D eigenvalue weighted by Gasteiger charge is -2.33. The predicted molar refractivity (Wildman–Crippen MR) is 43.2 cm³/mol. The lowest BCUT2D eigenvalue weighted by Crippen LogP contribution is -2.63. The predicted octanol–water partition coefficient (Wildman–Crippen LogP) is 0.159. The maximum Gasteiger partial charge on any atom is 0.137 e. The third-order valence-corrected chi connectivity index (χ3v) is 2.51. The van der Waals surface area contributed by atoms with Crippen molar-refractivity contribution in [2.45, 2.75) is 22.7 Å². The first-order valence-electron chi connectivity index (χ1n) is 3.26. The summed E-state index contributed by atoms with van der Waals surface area (Å²) in [6, 6.07) is 0. The van der Waals surface area contributed by atoms with Gasteiger partial charge in [0.1, 0.15) is 12.5 Å². The highest BCUT2D eigenvalue weighted by atomic mass is 35.5. The molecule has 1 fully saturated rings. The third kappa shape index (κ3) is 1.87. The van der Waals surface area contributed by atoms with Crippen molar-refractivity contribution in [3.05, 3.63) is 0 Å². The van der Waals surface area contributed by atoms with Crippen LogP contribution in [0.15, 0.2) is 0 Å². The Morgan fingerprint density at radius 1 is 1.30 bits per heavy atom. The van der Waals surface area contributed by atoms with Gasteiger partial charge in [0, 0.05) is 0 Å². The lowest BCUT2D eigenvalue weighted by molar-refractivity contribution is 0.353. The standard InChI is InChI=1S/C4H8Cl3N3/c5-1-2(6)9-4(7)10-3(1)8/h1-4,9-10H,8H2/i/hD. The van der Waals surface area contributed by atoms with Gasteiger partial charge >= 0.3 is 0 Å². The molecule has 1 saturated heterocycles. The average molecular weight is 205 g/mol. The number of hydrogen-bond acceptors (Lipinski definition) is 3. The Bertz CT molecular complexity index is 138. The summed E-state index contributed by atoms with van der Waals surface area (Å²) in [5, 5.41) is 5.14. The van der Waals surface area contributed by atoms with Crippen LogP contribution in [0.3, 0.4) is 0 Å². The summed E-state index contributed by atoms with van der Waals surface area (Å²) < 4.78 is 6.87. The van der Waals surface area contributed by atoms with Crippen molar-refractivity contribution >= 4 is 34.8 Å². The molecule has 0 aromatic carbocycles. The molecule has 10 heavy (non-hydrogen) atoms. The second-order valence-electron chi connectivity index (χ2n) is 2.02. The van der Waals surface area contributed by atoms with Crippen molar-refractivity contribution in [2.75, 3.05) is 0 Å². The number of hydrogen-bond donors (Lipinski definition) is 3. The largest absolute Gasteiger partial charge is 0.315 e. The van der Waals surface area contributed by atoms with Gasteiger partial charge in [-0.25, -0.2) is 0 Å². The van der Waals surface area contributed by atoms with Crippen molar-refractivity contribution in [1.29, 1.82) is 0 Å². The van der Waals surface area contributed by atoms with Crippen LogP contribution in [-0.4, -0.2) is 22.7 Å². The second kappa shape index (κ2) is 3.43. The summed E-state index contributed by atoms with van der Waals surface area (Å²) in [5.74, 6) is 0. The molecule has 4 unspecified atom stereocenters. The Morgan fingerprint density at radius 3 is 2.60 bits per heavy atom. The van der Waals surface area contributed by atoms with Gasteiger partial charge in [-0.2, -0.15) is 0 Å². The van der Waals surface area contributed by atoms with Crippen molar-refractivity contribution < 1.29 is 1.41 Å². The average Bonchev–Trinajstić information content (AvgIpc) is 1.96. The molecule has 0 aromatic heterocycles. The first-order chi connectivity index (χ1) is 5.15. The fraction of sp³-hybridized carbons (Fsp3) is 1.00. The number of halogens is 3. The van der Waals surface area contributed by atoms with E-state index in [2.05, 4.69) is 16.4 Å². The van der Waals surface area contributed by atoms with Gasteiger partial charge in [0.05, 0.1) is 11.5 Å². The van der Waals surface area contributed by atoms with E-state index in [-0.39, 0.29) is 6.17 Å². The normalized spacial score (nSPS) is 50.5. The second-order valence-corrected chi connectivity index (χ2v) is 3.43. The molecule has 1 aliphatic heterocycles. The van der Waals surface area contributed by atoms with E-state index >= 15 is 0 Å². The van der Waals surface area contributed by atoms with Crippen LogP contribution in [0.1, 0.15) is 0 Å². The van der Waals surface area contributed by atoms with Crippen LogP contribution in [0.5, 0.6) is 0 Å². The Balaban J connectivity index is 2.51. The van der Waals surface area contributed by atoms with E-state index < -0.39 is 16.5 Å². The third-order valence-electron chi connectivity index (χ3n) is 1.23. The zero-order valence-electron chi connectivity index (χ0n) is 5.94. The molecular weight excluding hydrogens is 196 g/mol. The summed E-state index contributed by atoms with van der Waals surface area (Å²) in [5.41, 5.74) is 1.34. The molecular formula is C4H8Cl3N3. The summed E-state index contributed by atoms with van der Waals surface area (Å²) in [4.78, 5) is 0. The number of nitrogens with two attached hydrogens (primary N) is 1. The van der Waals surface area contributed by atoms with E-state index in [1.165, 1.54) is 0 Å². The fourth-order valence-corrected chi connectivity index (χ4v) is 1.45. The van der Waals surface area contributed by atoms with Crippen LogP contribution >= 0.6 is 34.8 Å². The highest BCUT2D eigenvalue weighted by Crippen LogP contribution is 2.15. The van der Waals surface area contributed by atoms with Gasteiger partial charge in [-0.05, 0) is 0 Å². The minimum Gasteiger partial charge on any atom is -0.315 e. The van der Waals surface area contributed by atoms with Crippen LogP contribution in [0.2, 0.25) is 1.41 Å². The topological polar surface area (TPSA) is 50.1 Å². The van der Waals surface area contributed by atoms with Crippen molar-refractivity contribution in [3.8, 4) is 0 Å². The molecule has 0 amide bonds. The molecule has 60 valence electrons. The molecule has 0 aliphatic carbocycles. The molecule has 0 saturated carbocycles. The molecule has 3 nitrogen and oxygen atoms in total. The smallest absolute Gasteiger partial charge is 0.137 e. The van der Waals surface area contributed by atoms with E-state index in [4.69, 9.17) is 36.2 Å². The molecule has 0 spiro atoms. The Morgan fingerprint density at radius 2 is 2.00 bits per heavy atom. The number of rotatable bonds is 1. The van der Waals surface area contributed by atoms with Gasteiger partial charge < -0.3 is 5.73 Å². The highest BCUT2D eigenvalue weighted by molar-refractivity contribution is 6.31. The molecule has 0 radical (unpaired) electrons. The van der Waals surface area contributed by atoms with E-state index in [0.29, 0.717) is 0 Å². The first-order valence-corrected chi connectivity index (χ1v) is 4.07. The molecule has 1 heterocycles. The van der Waals surface area contributed by atoms with Crippen molar-refractivity contribution in [1.82, 2.24) is 10.6 Å². The van der Waals surface area contributed by atoms with Crippen LogP contribution in [0, 0.1) is 0 Å². The summed E-state index contributed by atoms with van der Waals surface area (Å²) in [6.45, 7) is 0. The van der Waals surface area contributed by atoms with Crippen LogP contribution in [0.25, 0.3) is 0 Å². The van der Waals surface area contributed by atoms with E-state index in [1.54, 1.807) is 0 Å². The molecule has 1 aliphatic rings. The minimum absolute atomic E-state index is 0.386. The number of nitrogens with one attached hydrogen (secondary N) is 2. The Kier molecular flexibility index (Phi) is 2.54. The summed E-state index contributed by atoms with van der Waals surface area (Å²) in [6.07, 6.45) is -0.386. The van der Waals surface area contributed by atoms with E-state index in [0.717, 1.165) is 0 Å². The molecule has 0 aromatic rings. The van der Waals surface area contributed by atoms with Crippen molar-refractivity contribution in [3.63, 3.8) is 0 Å². The van der Waals surface area contributed by atoms with Gasteiger partial charge in [0.25, 0.3) is 0 Å². The molecule has 6 heteroatoms. The Hall–Kier alpha value is 0.750. The molecule has 4 N–H and O–H groups in total. The molecule has 1 rings (SSSR count). The van der Waals surface area contributed by atoms with Crippen LogP contribution < -0.4 is 16.4 Å². The maximum atomic E-state index is 6.87. The van der Waals surface area contributed by atoms with Gasteiger partial charge in [0.2, 0.25) is 0 Å². The van der Waals surface area contributed by atoms with Crippen molar-refractivity contribution in [2.24, 2.45) is 5.73 Å². The zero-order chi connectivity index (χ0) is 8.43. The lowest BCUT2D eigenvalue weighted by atomic mass is 10.3. The van der Waals surface area contributed by atoms with Crippen LogP contribution in [-0.2, 0) is 0 Å². The fourth-order valence-electron chi connectivity index (χ4n) is 0.698. The van der Waals surface area contributed by atoms with Crippen LogP contribution in [0.4, 0.5) is 0 Å². The molecule has 0 bridgehead atoms. The monoisotopic (exact) mass is 204 g/mol. The quantitative estimate of drug-likeness (QED) is 0.422. The summed E-state index contributed by atoms with van der Waals surface area (Å²) in [7, 11) is 0.